The number of hydrogen-bond donors (Lipinski definition) is 1. The molecule has 20 heavy (non-hydrogen) atoms. The van der Waals surface area contributed by atoms with E-state index in [0.717, 1.165) is 33.5 Å². The van der Waals surface area contributed by atoms with E-state index in [-0.39, 0.29) is 6.54 Å². The van der Waals surface area contributed by atoms with E-state index in [9.17, 15) is 0 Å². The van der Waals surface area contributed by atoms with Gasteiger partial charge in [0.15, 0.2) is 11.5 Å². The Morgan fingerprint density at radius 2 is 2.05 bits per heavy atom. The molecule has 1 aromatic carbocycles. The largest absolute Gasteiger partial charge is 0.486 e. The topological polar surface area (TPSA) is 83.4 Å². The molecule has 0 spiro atoms. The Bertz CT molecular complexity index is 642. The Labute approximate surface area is 124 Å². The number of hydrogen-bond acceptors (Lipinski definition) is 6. The maximum absolute atomic E-state index is 5.76. The van der Waals surface area contributed by atoms with Gasteiger partial charge in [-0.3, -0.25) is 0 Å². The van der Waals surface area contributed by atoms with Gasteiger partial charge in [0.05, 0.1) is 11.0 Å². The molecule has 0 bridgehead atoms. The second-order valence-electron chi connectivity index (χ2n) is 4.31. The van der Waals surface area contributed by atoms with E-state index in [1.165, 1.54) is 0 Å². The Balaban J connectivity index is 2.17. The fourth-order valence-electron chi connectivity index (χ4n) is 2.22. The molecule has 0 unspecified atom stereocenters. The summed E-state index contributed by atoms with van der Waals surface area (Å²) >= 11 is 3.50. The lowest BCUT2D eigenvalue weighted by atomic mass is 10.0. The van der Waals surface area contributed by atoms with Gasteiger partial charge >= 0.3 is 0 Å². The summed E-state index contributed by atoms with van der Waals surface area (Å²) in [6, 6.07) is 1.93. The van der Waals surface area contributed by atoms with Gasteiger partial charge in [0, 0.05) is 11.1 Å². The third-order valence-electron chi connectivity index (χ3n) is 3.11. The van der Waals surface area contributed by atoms with Gasteiger partial charge < -0.3 is 19.7 Å². The van der Waals surface area contributed by atoms with Gasteiger partial charge in [0.2, 0.25) is 11.7 Å². The lowest BCUT2D eigenvalue weighted by Gasteiger charge is -2.23. The van der Waals surface area contributed by atoms with Gasteiger partial charge in [0.1, 0.15) is 13.2 Å². The van der Waals surface area contributed by atoms with E-state index in [0.29, 0.717) is 24.9 Å². The van der Waals surface area contributed by atoms with Gasteiger partial charge in [-0.25, -0.2) is 0 Å². The van der Waals surface area contributed by atoms with Crippen molar-refractivity contribution >= 4 is 15.9 Å². The molecule has 0 atom stereocenters. The Morgan fingerprint density at radius 1 is 1.30 bits per heavy atom. The van der Waals surface area contributed by atoms with Crippen molar-refractivity contribution in [3.05, 3.63) is 22.0 Å². The number of rotatable bonds is 3. The van der Waals surface area contributed by atoms with Crippen LogP contribution in [0.3, 0.4) is 0 Å². The minimum atomic E-state index is 0.222. The molecule has 0 fully saturated rings. The highest BCUT2D eigenvalue weighted by Gasteiger charge is 2.24. The van der Waals surface area contributed by atoms with Crippen LogP contribution in [-0.4, -0.2) is 23.4 Å². The summed E-state index contributed by atoms with van der Waals surface area (Å²) in [7, 11) is 0. The minimum absolute atomic E-state index is 0.222. The molecule has 2 N–H and O–H groups in total. The highest BCUT2D eigenvalue weighted by Crippen LogP contribution is 2.44. The van der Waals surface area contributed by atoms with Gasteiger partial charge in [-0.2, -0.15) is 4.98 Å². The Hall–Kier alpha value is -1.60. The van der Waals surface area contributed by atoms with Crippen LogP contribution in [0.1, 0.15) is 18.4 Å². The maximum Gasteiger partial charge on any atom is 0.240 e. The summed E-state index contributed by atoms with van der Waals surface area (Å²) in [5.41, 5.74) is 7.38. The lowest BCUT2D eigenvalue weighted by molar-refractivity contribution is 0.169. The van der Waals surface area contributed by atoms with Crippen LogP contribution in [0.5, 0.6) is 11.5 Å². The molecule has 0 radical (unpaired) electrons. The molecular weight excluding hydrogens is 326 g/mol. The van der Waals surface area contributed by atoms with Gasteiger partial charge in [-0.1, -0.05) is 12.1 Å². The number of fused-ring (bicyclic) bond motifs is 1. The summed E-state index contributed by atoms with van der Waals surface area (Å²) in [5, 5.41) is 3.97. The molecule has 106 valence electrons. The highest BCUT2D eigenvalue weighted by atomic mass is 79.9. The zero-order chi connectivity index (χ0) is 14.1. The second kappa shape index (κ2) is 5.41. The van der Waals surface area contributed by atoms with Crippen LogP contribution in [0.2, 0.25) is 0 Å². The van der Waals surface area contributed by atoms with Crippen LogP contribution in [0.4, 0.5) is 0 Å². The highest BCUT2D eigenvalue weighted by molar-refractivity contribution is 9.10. The molecule has 0 saturated carbocycles. The smallest absolute Gasteiger partial charge is 0.240 e. The minimum Gasteiger partial charge on any atom is -0.486 e. The maximum atomic E-state index is 5.76. The molecule has 1 aliphatic rings. The molecule has 2 aromatic rings. The summed E-state index contributed by atoms with van der Waals surface area (Å²) in [4.78, 5) is 4.28. The molecular formula is C13H14BrN3O3. The quantitative estimate of drug-likeness (QED) is 0.923. The first-order chi connectivity index (χ1) is 9.74. The Kier molecular flexibility index (Phi) is 3.62. The molecule has 0 saturated heterocycles. The number of halogens is 1. The number of ether oxygens (including phenoxy) is 2. The summed E-state index contributed by atoms with van der Waals surface area (Å²) < 4.78 is 17.3. The molecule has 0 aliphatic carbocycles. The first-order valence-corrected chi connectivity index (χ1v) is 7.17. The van der Waals surface area contributed by atoms with E-state index in [1.807, 2.05) is 6.07 Å². The van der Waals surface area contributed by atoms with Gasteiger partial charge in [-0.15, -0.1) is 0 Å². The van der Waals surface area contributed by atoms with Gasteiger partial charge in [0.25, 0.3) is 0 Å². The van der Waals surface area contributed by atoms with Crippen LogP contribution in [0, 0.1) is 0 Å². The molecule has 6 nitrogen and oxygen atoms in total. The monoisotopic (exact) mass is 339 g/mol. The van der Waals surface area contributed by atoms with Crippen molar-refractivity contribution in [2.45, 2.75) is 19.9 Å². The second-order valence-corrected chi connectivity index (χ2v) is 5.16. The molecule has 1 aliphatic heterocycles. The average molecular weight is 340 g/mol. The normalized spacial score (nSPS) is 13.6. The predicted octanol–water partition coefficient (Wildman–Crippen LogP) is 2.29. The van der Waals surface area contributed by atoms with Crippen molar-refractivity contribution in [2.24, 2.45) is 5.73 Å². The first-order valence-electron chi connectivity index (χ1n) is 6.38. The van der Waals surface area contributed by atoms with E-state index < -0.39 is 0 Å². The van der Waals surface area contributed by atoms with Gasteiger partial charge in [-0.05, 0) is 28.4 Å². The number of benzene rings is 1. The van der Waals surface area contributed by atoms with Crippen molar-refractivity contribution < 1.29 is 14.0 Å². The van der Waals surface area contributed by atoms with E-state index in [4.69, 9.17) is 19.7 Å². The van der Waals surface area contributed by atoms with E-state index >= 15 is 0 Å². The standard InChI is InChI=1S/C13H14BrN3O3/c1-2-7-8(13-16-10(6-15)20-17-13)5-9(14)12-11(7)18-3-4-19-12/h5H,2-4,6,15H2,1H3. The van der Waals surface area contributed by atoms with Crippen molar-refractivity contribution in [1.82, 2.24) is 10.1 Å². The molecule has 7 heteroatoms. The zero-order valence-corrected chi connectivity index (χ0v) is 12.6. The SMILES string of the molecule is CCc1c(-c2noc(CN)n2)cc(Br)c2c1OCCO2. The fourth-order valence-corrected chi connectivity index (χ4v) is 2.74. The first kappa shape index (κ1) is 13.4. The predicted molar refractivity (Wildman–Crippen MR) is 75.7 cm³/mol. The third kappa shape index (κ3) is 2.16. The zero-order valence-electron chi connectivity index (χ0n) is 11.0. The fraction of sp³-hybridized carbons (Fsp3) is 0.385. The van der Waals surface area contributed by atoms with Crippen LogP contribution >= 0.6 is 15.9 Å². The number of nitrogens with two attached hydrogens (primary N) is 1. The van der Waals surface area contributed by atoms with Crippen LogP contribution < -0.4 is 15.2 Å². The number of aromatic nitrogens is 2. The van der Waals surface area contributed by atoms with E-state index in [1.54, 1.807) is 0 Å². The Morgan fingerprint density at radius 3 is 2.70 bits per heavy atom. The van der Waals surface area contributed by atoms with E-state index in [2.05, 4.69) is 33.0 Å². The number of nitrogens with zero attached hydrogens (tertiary/aromatic N) is 2. The van der Waals surface area contributed by atoms with Crippen molar-refractivity contribution in [3.63, 3.8) is 0 Å². The third-order valence-corrected chi connectivity index (χ3v) is 3.70. The van der Waals surface area contributed by atoms with Crippen LogP contribution in [0.25, 0.3) is 11.4 Å². The van der Waals surface area contributed by atoms with Crippen molar-refractivity contribution in [2.75, 3.05) is 13.2 Å². The molecule has 2 heterocycles. The van der Waals surface area contributed by atoms with Crippen molar-refractivity contribution in [3.8, 4) is 22.9 Å². The summed E-state index contributed by atoms with van der Waals surface area (Å²) in [5.74, 6) is 2.41. The van der Waals surface area contributed by atoms with Crippen LogP contribution in [-0.2, 0) is 13.0 Å². The summed E-state index contributed by atoms with van der Waals surface area (Å²) in [6.45, 7) is 3.36. The molecule has 3 rings (SSSR count). The van der Waals surface area contributed by atoms with Crippen LogP contribution in [0.15, 0.2) is 15.1 Å². The van der Waals surface area contributed by atoms with Crippen molar-refractivity contribution in [1.29, 1.82) is 0 Å². The lowest BCUT2D eigenvalue weighted by Crippen LogP contribution is -2.17. The molecule has 1 aromatic heterocycles. The summed E-state index contributed by atoms with van der Waals surface area (Å²) in [6.07, 6.45) is 0.779. The molecule has 0 amide bonds. The average Bonchev–Trinajstić information content (AvgIpc) is 2.96.